The lowest BCUT2D eigenvalue weighted by Gasteiger charge is -2.39. The molecule has 0 saturated carbocycles. The molecule has 1 aromatic rings. The minimum atomic E-state index is 0.437. The van der Waals surface area contributed by atoms with Crippen LogP contribution in [0.3, 0.4) is 0 Å². The maximum Gasteiger partial charge on any atom is 0.0212 e. The first-order valence-corrected chi connectivity index (χ1v) is 8.17. The molecular weight excluding hydrogens is 238 g/mol. The van der Waals surface area contributed by atoms with E-state index in [-0.39, 0.29) is 0 Å². The second-order valence-corrected chi connectivity index (χ2v) is 7.02. The smallest absolute Gasteiger partial charge is 0.0212 e. The fourth-order valence-electron chi connectivity index (χ4n) is 2.58. The minimum Gasteiger partial charge on any atom is -0.309 e. The Bertz CT molecular complexity index is 386. The molecule has 1 aliphatic rings. The highest BCUT2D eigenvalue weighted by molar-refractivity contribution is 7.99. The van der Waals surface area contributed by atoms with E-state index in [1.165, 1.54) is 29.1 Å². The van der Waals surface area contributed by atoms with Crippen molar-refractivity contribution in [2.45, 2.75) is 46.2 Å². The van der Waals surface area contributed by atoms with Gasteiger partial charge in [-0.1, -0.05) is 45.0 Å². The Kier molecular flexibility index (Phi) is 4.74. The van der Waals surface area contributed by atoms with Crippen molar-refractivity contribution in [1.29, 1.82) is 0 Å². The van der Waals surface area contributed by atoms with Crippen molar-refractivity contribution < 1.29 is 0 Å². The van der Waals surface area contributed by atoms with E-state index >= 15 is 0 Å². The van der Waals surface area contributed by atoms with Gasteiger partial charge in [-0.3, -0.25) is 0 Å². The number of hydrogen-bond acceptors (Lipinski definition) is 2. The fourth-order valence-corrected chi connectivity index (χ4v) is 4.22. The lowest BCUT2D eigenvalue weighted by Crippen LogP contribution is -2.46. The van der Waals surface area contributed by atoms with Gasteiger partial charge in [0.1, 0.15) is 0 Å². The van der Waals surface area contributed by atoms with E-state index in [0.29, 0.717) is 11.5 Å². The summed E-state index contributed by atoms with van der Waals surface area (Å²) < 4.78 is 0. The summed E-state index contributed by atoms with van der Waals surface area (Å²) in [6.07, 6.45) is 2.45. The predicted octanol–water partition coefficient (Wildman–Crippen LogP) is 3.87. The number of rotatable bonds is 4. The minimum absolute atomic E-state index is 0.437. The molecule has 1 unspecified atom stereocenters. The standard InChI is InChI=1S/C16H25NS/c1-4-13-7-5-6-8-14(13)11-17-15-12-18-10-9-16(15,2)3/h5-8,15,17H,4,9-12H2,1-3H3. The van der Waals surface area contributed by atoms with Crippen LogP contribution < -0.4 is 5.32 Å². The highest BCUT2D eigenvalue weighted by atomic mass is 32.2. The van der Waals surface area contributed by atoms with Crippen molar-refractivity contribution >= 4 is 11.8 Å². The Morgan fingerprint density at radius 3 is 2.67 bits per heavy atom. The molecule has 1 atom stereocenters. The summed E-state index contributed by atoms with van der Waals surface area (Å²) >= 11 is 2.09. The van der Waals surface area contributed by atoms with Crippen LogP contribution in [-0.2, 0) is 13.0 Å². The van der Waals surface area contributed by atoms with Gasteiger partial charge in [0.25, 0.3) is 0 Å². The largest absolute Gasteiger partial charge is 0.309 e. The second-order valence-electron chi connectivity index (χ2n) is 5.87. The summed E-state index contributed by atoms with van der Waals surface area (Å²) in [6, 6.07) is 9.44. The number of aryl methyl sites for hydroxylation is 1. The molecule has 1 N–H and O–H groups in total. The third-order valence-corrected chi connectivity index (χ3v) is 5.22. The number of benzene rings is 1. The lowest BCUT2D eigenvalue weighted by molar-refractivity contribution is 0.245. The quantitative estimate of drug-likeness (QED) is 0.885. The molecular formula is C16H25NS. The van der Waals surface area contributed by atoms with Gasteiger partial charge in [0.05, 0.1) is 0 Å². The van der Waals surface area contributed by atoms with Gasteiger partial charge < -0.3 is 5.32 Å². The molecule has 0 radical (unpaired) electrons. The van der Waals surface area contributed by atoms with Crippen LogP contribution in [0.1, 0.15) is 38.3 Å². The van der Waals surface area contributed by atoms with Gasteiger partial charge in [0, 0.05) is 18.3 Å². The molecule has 0 aromatic heterocycles. The van der Waals surface area contributed by atoms with Gasteiger partial charge in [-0.25, -0.2) is 0 Å². The van der Waals surface area contributed by atoms with Crippen molar-refractivity contribution in [3.63, 3.8) is 0 Å². The molecule has 1 nitrogen and oxygen atoms in total. The zero-order valence-electron chi connectivity index (χ0n) is 11.8. The Hall–Kier alpha value is -0.470. The van der Waals surface area contributed by atoms with Gasteiger partial charge in [-0.05, 0) is 35.1 Å². The fraction of sp³-hybridized carbons (Fsp3) is 0.625. The molecule has 1 aromatic carbocycles. The number of thioether (sulfide) groups is 1. The molecule has 100 valence electrons. The summed E-state index contributed by atoms with van der Waals surface area (Å²) in [7, 11) is 0. The Morgan fingerprint density at radius 2 is 2.00 bits per heavy atom. The molecule has 1 saturated heterocycles. The van der Waals surface area contributed by atoms with Crippen LogP contribution in [0.2, 0.25) is 0 Å². The Morgan fingerprint density at radius 1 is 1.28 bits per heavy atom. The molecule has 1 fully saturated rings. The van der Waals surface area contributed by atoms with E-state index in [1.807, 2.05) is 0 Å². The summed E-state index contributed by atoms with van der Waals surface area (Å²) in [5.41, 5.74) is 3.38. The SMILES string of the molecule is CCc1ccccc1CNC1CSCCC1(C)C. The summed E-state index contributed by atoms with van der Waals surface area (Å²) in [5.74, 6) is 2.57. The Labute approximate surface area is 116 Å². The molecule has 1 aliphatic heterocycles. The maximum absolute atomic E-state index is 3.78. The molecule has 0 bridgehead atoms. The molecule has 0 amide bonds. The molecule has 2 rings (SSSR count). The van der Waals surface area contributed by atoms with Crippen LogP contribution in [-0.4, -0.2) is 17.5 Å². The highest BCUT2D eigenvalue weighted by Gasteiger charge is 2.31. The third kappa shape index (κ3) is 3.30. The van der Waals surface area contributed by atoms with E-state index in [1.54, 1.807) is 0 Å². The first kappa shape index (κ1) is 14.0. The molecule has 2 heteroatoms. The van der Waals surface area contributed by atoms with Crippen molar-refractivity contribution in [3.05, 3.63) is 35.4 Å². The normalized spacial score (nSPS) is 22.9. The van der Waals surface area contributed by atoms with Crippen LogP contribution in [0.25, 0.3) is 0 Å². The summed E-state index contributed by atoms with van der Waals surface area (Å²) in [6.45, 7) is 8.05. The molecule has 1 heterocycles. The summed E-state index contributed by atoms with van der Waals surface area (Å²) in [5, 5.41) is 3.78. The Balaban J connectivity index is 1.98. The van der Waals surface area contributed by atoms with E-state index in [9.17, 15) is 0 Å². The van der Waals surface area contributed by atoms with Gasteiger partial charge in [-0.15, -0.1) is 0 Å². The number of nitrogens with one attached hydrogen (secondary N) is 1. The van der Waals surface area contributed by atoms with Crippen LogP contribution in [0, 0.1) is 5.41 Å². The highest BCUT2D eigenvalue weighted by Crippen LogP contribution is 2.34. The maximum atomic E-state index is 3.78. The monoisotopic (exact) mass is 263 g/mol. The van der Waals surface area contributed by atoms with Gasteiger partial charge >= 0.3 is 0 Å². The number of hydrogen-bond donors (Lipinski definition) is 1. The average molecular weight is 263 g/mol. The first-order valence-electron chi connectivity index (χ1n) is 7.01. The average Bonchev–Trinajstić information content (AvgIpc) is 2.37. The van der Waals surface area contributed by atoms with Gasteiger partial charge in [0.15, 0.2) is 0 Å². The van der Waals surface area contributed by atoms with E-state index in [4.69, 9.17) is 0 Å². The van der Waals surface area contributed by atoms with E-state index in [0.717, 1.165) is 13.0 Å². The van der Waals surface area contributed by atoms with Crippen molar-refractivity contribution in [3.8, 4) is 0 Å². The van der Waals surface area contributed by atoms with Crippen molar-refractivity contribution in [1.82, 2.24) is 5.32 Å². The molecule has 0 spiro atoms. The third-order valence-electron chi connectivity index (χ3n) is 4.16. The zero-order valence-corrected chi connectivity index (χ0v) is 12.6. The predicted molar refractivity (Wildman–Crippen MR) is 82.2 cm³/mol. The van der Waals surface area contributed by atoms with E-state index in [2.05, 4.69) is 62.1 Å². The molecule has 0 aliphatic carbocycles. The van der Waals surface area contributed by atoms with Gasteiger partial charge in [0.2, 0.25) is 0 Å². The van der Waals surface area contributed by atoms with Crippen LogP contribution in [0.4, 0.5) is 0 Å². The topological polar surface area (TPSA) is 12.0 Å². The van der Waals surface area contributed by atoms with Gasteiger partial charge in [-0.2, -0.15) is 11.8 Å². The molecule has 18 heavy (non-hydrogen) atoms. The van der Waals surface area contributed by atoms with Crippen LogP contribution in [0.15, 0.2) is 24.3 Å². The van der Waals surface area contributed by atoms with Crippen molar-refractivity contribution in [2.24, 2.45) is 5.41 Å². The zero-order chi connectivity index (χ0) is 13.0. The lowest BCUT2D eigenvalue weighted by atomic mass is 9.82. The van der Waals surface area contributed by atoms with Crippen LogP contribution >= 0.6 is 11.8 Å². The van der Waals surface area contributed by atoms with Crippen molar-refractivity contribution in [2.75, 3.05) is 11.5 Å². The second kappa shape index (κ2) is 6.12. The van der Waals surface area contributed by atoms with E-state index < -0.39 is 0 Å². The summed E-state index contributed by atoms with van der Waals surface area (Å²) in [4.78, 5) is 0. The van der Waals surface area contributed by atoms with Crippen LogP contribution in [0.5, 0.6) is 0 Å². The first-order chi connectivity index (χ1) is 8.63.